The van der Waals surface area contributed by atoms with Crippen LogP contribution < -0.4 is 5.32 Å². The molecule has 0 fully saturated rings. The normalized spacial score (nSPS) is 13.0. The largest absolute Gasteiger partial charge is 0.317 e. The molecule has 0 bridgehead atoms. The highest BCUT2D eigenvalue weighted by Gasteiger charge is 2.16. The Hall–Kier alpha value is -0.540. The van der Waals surface area contributed by atoms with Crippen LogP contribution in [0, 0.1) is 12.8 Å². The summed E-state index contributed by atoms with van der Waals surface area (Å²) in [5.41, 5.74) is 2.28. The van der Waals surface area contributed by atoms with E-state index in [1.165, 1.54) is 18.4 Å². The second-order valence-electron chi connectivity index (χ2n) is 4.64. The molecule has 1 N–H and O–H groups in total. The minimum atomic E-state index is 0.653. The van der Waals surface area contributed by atoms with E-state index < -0.39 is 0 Å². The van der Waals surface area contributed by atoms with Crippen LogP contribution in [-0.2, 0) is 13.5 Å². The molecular formula is C13H24ClN3. The summed E-state index contributed by atoms with van der Waals surface area (Å²) in [5.74, 6) is 0.653. The first-order valence-corrected chi connectivity index (χ1v) is 6.86. The van der Waals surface area contributed by atoms with Crippen molar-refractivity contribution < 1.29 is 0 Å². The Balaban J connectivity index is 2.70. The first kappa shape index (κ1) is 14.5. The van der Waals surface area contributed by atoms with Crippen molar-refractivity contribution in [3.8, 4) is 0 Å². The van der Waals surface area contributed by atoms with Gasteiger partial charge in [0.05, 0.1) is 5.69 Å². The fourth-order valence-electron chi connectivity index (χ4n) is 2.23. The third kappa shape index (κ3) is 4.00. The summed E-state index contributed by atoms with van der Waals surface area (Å²) in [6.45, 7) is 8.51. The fraction of sp³-hybridized carbons (Fsp3) is 0.769. The molecule has 17 heavy (non-hydrogen) atoms. The van der Waals surface area contributed by atoms with Gasteiger partial charge in [0.15, 0.2) is 0 Å². The molecule has 0 aliphatic rings. The van der Waals surface area contributed by atoms with Gasteiger partial charge in [0.2, 0.25) is 0 Å². The molecular weight excluding hydrogens is 234 g/mol. The van der Waals surface area contributed by atoms with Crippen molar-refractivity contribution in [2.75, 3.05) is 13.1 Å². The number of aromatic nitrogens is 2. The average molecular weight is 258 g/mol. The Bertz CT molecular complexity index is 347. The Morgan fingerprint density at radius 3 is 2.59 bits per heavy atom. The molecule has 0 aliphatic carbocycles. The molecule has 3 nitrogen and oxygen atoms in total. The number of hydrogen-bond donors (Lipinski definition) is 1. The summed E-state index contributed by atoms with van der Waals surface area (Å²) in [7, 11) is 1.90. The Kier molecular flexibility index (Phi) is 6.00. The van der Waals surface area contributed by atoms with E-state index in [1.807, 2.05) is 14.0 Å². The Labute approximate surface area is 110 Å². The lowest BCUT2D eigenvalue weighted by atomic mass is 9.95. The summed E-state index contributed by atoms with van der Waals surface area (Å²) in [5, 5.41) is 8.59. The zero-order chi connectivity index (χ0) is 12.8. The topological polar surface area (TPSA) is 29.9 Å². The molecule has 1 unspecified atom stereocenters. The van der Waals surface area contributed by atoms with Crippen LogP contribution in [0.1, 0.15) is 37.9 Å². The van der Waals surface area contributed by atoms with E-state index in [1.54, 1.807) is 4.68 Å². The maximum atomic E-state index is 6.27. The Morgan fingerprint density at radius 1 is 1.41 bits per heavy atom. The molecule has 0 aromatic carbocycles. The third-order valence-electron chi connectivity index (χ3n) is 3.14. The number of nitrogens with one attached hydrogen (secondary N) is 1. The van der Waals surface area contributed by atoms with Gasteiger partial charge in [-0.15, -0.1) is 0 Å². The van der Waals surface area contributed by atoms with Gasteiger partial charge in [-0.2, -0.15) is 5.10 Å². The van der Waals surface area contributed by atoms with Gasteiger partial charge in [0.25, 0.3) is 0 Å². The van der Waals surface area contributed by atoms with Crippen LogP contribution >= 0.6 is 11.6 Å². The first-order chi connectivity index (χ1) is 8.10. The highest BCUT2D eigenvalue weighted by molar-refractivity contribution is 6.30. The number of hydrogen-bond acceptors (Lipinski definition) is 2. The molecule has 98 valence electrons. The van der Waals surface area contributed by atoms with E-state index in [-0.39, 0.29) is 0 Å². The standard InChI is InChI=1S/C13H24ClN3/c1-5-7-11(9-15-6-2)8-12-10(3)16-17(4)13(12)14/h11,15H,5-9H2,1-4H3. The van der Waals surface area contributed by atoms with Crippen LogP contribution in [-0.4, -0.2) is 22.9 Å². The van der Waals surface area contributed by atoms with E-state index in [2.05, 4.69) is 24.3 Å². The predicted molar refractivity (Wildman–Crippen MR) is 73.6 cm³/mol. The van der Waals surface area contributed by atoms with E-state index in [0.29, 0.717) is 5.92 Å². The molecule has 1 aromatic rings. The van der Waals surface area contributed by atoms with Crippen molar-refractivity contribution >= 4 is 11.6 Å². The lowest BCUT2D eigenvalue weighted by Crippen LogP contribution is -2.24. The summed E-state index contributed by atoms with van der Waals surface area (Å²) in [4.78, 5) is 0. The molecule has 1 aromatic heterocycles. The van der Waals surface area contributed by atoms with Gasteiger partial charge in [-0.25, -0.2) is 0 Å². The number of halogens is 1. The molecule has 1 rings (SSSR count). The summed E-state index contributed by atoms with van der Waals surface area (Å²) >= 11 is 6.27. The number of rotatable bonds is 7. The molecule has 0 aliphatic heterocycles. The lowest BCUT2D eigenvalue weighted by Gasteiger charge is -2.16. The van der Waals surface area contributed by atoms with Gasteiger partial charge in [0.1, 0.15) is 5.15 Å². The van der Waals surface area contributed by atoms with Crippen molar-refractivity contribution in [1.82, 2.24) is 15.1 Å². The third-order valence-corrected chi connectivity index (χ3v) is 3.62. The smallest absolute Gasteiger partial charge is 0.130 e. The van der Waals surface area contributed by atoms with E-state index in [9.17, 15) is 0 Å². The van der Waals surface area contributed by atoms with Crippen molar-refractivity contribution in [2.45, 2.75) is 40.0 Å². The van der Waals surface area contributed by atoms with Crippen molar-refractivity contribution in [2.24, 2.45) is 13.0 Å². The fourth-order valence-corrected chi connectivity index (χ4v) is 2.48. The van der Waals surface area contributed by atoms with E-state index in [0.717, 1.165) is 30.4 Å². The summed E-state index contributed by atoms with van der Waals surface area (Å²) < 4.78 is 1.77. The maximum Gasteiger partial charge on any atom is 0.130 e. The van der Waals surface area contributed by atoms with Gasteiger partial charge in [0, 0.05) is 12.6 Å². The van der Waals surface area contributed by atoms with E-state index >= 15 is 0 Å². The van der Waals surface area contributed by atoms with Crippen LogP contribution in [0.3, 0.4) is 0 Å². The summed E-state index contributed by atoms with van der Waals surface area (Å²) in [6, 6.07) is 0. The monoisotopic (exact) mass is 257 g/mol. The zero-order valence-electron chi connectivity index (χ0n) is 11.4. The van der Waals surface area contributed by atoms with Gasteiger partial charge >= 0.3 is 0 Å². The van der Waals surface area contributed by atoms with Gasteiger partial charge in [-0.05, 0) is 38.8 Å². The van der Waals surface area contributed by atoms with Crippen LogP contribution in [0.15, 0.2) is 0 Å². The van der Waals surface area contributed by atoms with Crippen LogP contribution in [0.5, 0.6) is 0 Å². The number of aryl methyl sites for hydroxylation is 2. The Morgan fingerprint density at radius 2 is 2.12 bits per heavy atom. The quantitative estimate of drug-likeness (QED) is 0.814. The van der Waals surface area contributed by atoms with Crippen molar-refractivity contribution in [1.29, 1.82) is 0 Å². The SMILES string of the molecule is CCCC(CNCC)Cc1c(C)nn(C)c1Cl. The second kappa shape index (κ2) is 7.02. The second-order valence-corrected chi connectivity index (χ2v) is 5.00. The minimum Gasteiger partial charge on any atom is -0.317 e. The highest BCUT2D eigenvalue weighted by atomic mass is 35.5. The number of nitrogens with zero attached hydrogens (tertiary/aromatic N) is 2. The van der Waals surface area contributed by atoms with Crippen molar-refractivity contribution in [3.05, 3.63) is 16.4 Å². The zero-order valence-corrected chi connectivity index (χ0v) is 12.1. The summed E-state index contributed by atoms with van der Waals surface area (Å²) in [6.07, 6.45) is 3.48. The minimum absolute atomic E-state index is 0.653. The van der Waals surface area contributed by atoms with Gasteiger partial charge in [-0.3, -0.25) is 4.68 Å². The van der Waals surface area contributed by atoms with Gasteiger partial charge in [-0.1, -0.05) is 31.9 Å². The molecule has 1 heterocycles. The predicted octanol–water partition coefficient (Wildman–Crippen LogP) is 2.95. The molecule has 1 atom stereocenters. The molecule has 0 amide bonds. The van der Waals surface area contributed by atoms with E-state index in [4.69, 9.17) is 11.6 Å². The average Bonchev–Trinajstić information content (AvgIpc) is 2.53. The van der Waals surface area contributed by atoms with Crippen LogP contribution in [0.4, 0.5) is 0 Å². The van der Waals surface area contributed by atoms with Crippen LogP contribution in [0.25, 0.3) is 0 Å². The van der Waals surface area contributed by atoms with Crippen molar-refractivity contribution in [3.63, 3.8) is 0 Å². The molecule has 0 spiro atoms. The lowest BCUT2D eigenvalue weighted by molar-refractivity contribution is 0.444. The molecule has 0 radical (unpaired) electrons. The highest BCUT2D eigenvalue weighted by Crippen LogP contribution is 2.23. The van der Waals surface area contributed by atoms with Gasteiger partial charge < -0.3 is 5.32 Å². The van der Waals surface area contributed by atoms with Crippen LogP contribution in [0.2, 0.25) is 5.15 Å². The molecule has 4 heteroatoms. The maximum absolute atomic E-state index is 6.27. The molecule has 0 saturated carbocycles. The molecule has 0 saturated heterocycles. The first-order valence-electron chi connectivity index (χ1n) is 6.48.